The summed E-state index contributed by atoms with van der Waals surface area (Å²) >= 11 is 0. The number of rotatable bonds is 7. The van der Waals surface area contributed by atoms with E-state index in [0.717, 1.165) is 19.6 Å². The van der Waals surface area contributed by atoms with Crippen LogP contribution in [0.1, 0.15) is 52.9 Å². The molecule has 0 saturated carbocycles. The zero-order valence-electron chi connectivity index (χ0n) is 12.1. The van der Waals surface area contributed by atoms with Gasteiger partial charge in [-0.25, -0.2) is 0 Å². The maximum absolute atomic E-state index is 6.41. The van der Waals surface area contributed by atoms with Crippen LogP contribution in [-0.4, -0.2) is 26.4 Å². The third-order valence-electron chi connectivity index (χ3n) is 5.13. The van der Waals surface area contributed by atoms with Crippen molar-refractivity contribution < 1.29 is 4.74 Å². The van der Waals surface area contributed by atoms with E-state index >= 15 is 0 Å². The van der Waals surface area contributed by atoms with Crippen LogP contribution >= 0.6 is 0 Å². The minimum atomic E-state index is -1.28. The first-order chi connectivity index (χ1) is 8.20. The molecule has 1 fully saturated rings. The summed E-state index contributed by atoms with van der Waals surface area (Å²) in [5.41, 5.74) is 5.73. The molecule has 2 N–H and O–H groups in total. The van der Waals surface area contributed by atoms with Crippen LogP contribution in [0.15, 0.2) is 0 Å². The molecule has 1 aliphatic heterocycles. The molecule has 0 aliphatic carbocycles. The van der Waals surface area contributed by atoms with Crippen LogP contribution in [0.5, 0.6) is 0 Å². The Hall–Kier alpha value is 0.137. The molecule has 1 rings (SSSR count). The number of hydrogen-bond donors (Lipinski definition) is 1. The van der Waals surface area contributed by atoms with Gasteiger partial charge in [0, 0.05) is 6.61 Å². The van der Waals surface area contributed by atoms with E-state index in [1.54, 1.807) is 0 Å². The lowest BCUT2D eigenvalue weighted by Gasteiger charge is -2.51. The van der Waals surface area contributed by atoms with Crippen molar-refractivity contribution in [2.75, 3.05) is 13.2 Å². The Morgan fingerprint density at radius 3 is 2.18 bits per heavy atom. The standard InChI is InChI=1S/C14H31NOSi/c1-4-17(5-2,6-3)14(11-9-12-15)10-7-8-13-16-14/h4-13,15H2,1-3H3. The molecule has 0 spiro atoms. The van der Waals surface area contributed by atoms with E-state index in [2.05, 4.69) is 20.8 Å². The summed E-state index contributed by atoms with van der Waals surface area (Å²) < 4.78 is 6.41. The van der Waals surface area contributed by atoms with Gasteiger partial charge < -0.3 is 10.5 Å². The maximum Gasteiger partial charge on any atom is 0.0907 e. The highest BCUT2D eigenvalue weighted by Gasteiger charge is 2.50. The molecule has 17 heavy (non-hydrogen) atoms. The van der Waals surface area contributed by atoms with Crippen molar-refractivity contribution in [2.24, 2.45) is 5.73 Å². The summed E-state index contributed by atoms with van der Waals surface area (Å²) in [5, 5.41) is 0.253. The lowest BCUT2D eigenvalue weighted by Crippen LogP contribution is -2.60. The largest absolute Gasteiger partial charge is 0.378 e. The normalized spacial score (nSPS) is 26.1. The molecule has 2 nitrogen and oxygen atoms in total. The second-order valence-electron chi connectivity index (χ2n) is 5.53. The molecule has 0 amide bonds. The molecule has 1 heterocycles. The molecule has 0 aromatic rings. The molecule has 1 saturated heterocycles. The zero-order valence-corrected chi connectivity index (χ0v) is 13.1. The molecular weight excluding hydrogens is 226 g/mol. The number of hydrogen-bond acceptors (Lipinski definition) is 2. The predicted molar refractivity (Wildman–Crippen MR) is 78.0 cm³/mol. The summed E-state index contributed by atoms with van der Waals surface area (Å²) in [4.78, 5) is 0. The van der Waals surface area contributed by atoms with E-state index in [4.69, 9.17) is 10.5 Å². The van der Waals surface area contributed by atoms with Gasteiger partial charge in [-0.3, -0.25) is 0 Å². The van der Waals surface area contributed by atoms with Crippen LogP contribution < -0.4 is 5.73 Å². The fourth-order valence-corrected chi connectivity index (χ4v) is 9.09. The Morgan fingerprint density at radius 1 is 1.12 bits per heavy atom. The first-order valence-electron chi connectivity index (χ1n) is 7.54. The average Bonchev–Trinajstić information content (AvgIpc) is 2.40. The summed E-state index contributed by atoms with van der Waals surface area (Å²) in [6.07, 6.45) is 6.26. The van der Waals surface area contributed by atoms with Crippen LogP contribution in [0.2, 0.25) is 18.1 Å². The molecule has 0 bridgehead atoms. The first-order valence-corrected chi connectivity index (χ1v) is 10.2. The Labute approximate surface area is 108 Å². The van der Waals surface area contributed by atoms with Gasteiger partial charge in [-0.2, -0.15) is 0 Å². The van der Waals surface area contributed by atoms with Crippen molar-refractivity contribution in [1.82, 2.24) is 0 Å². The van der Waals surface area contributed by atoms with Gasteiger partial charge in [-0.1, -0.05) is 38.9 Å². The third-order valence-corrected chi connectivity index (χ3v) is 11.8. The highest BCUT2D eigenvalue weighted by molar-refractivity contribution is 6.82. The molecule has 0 aromatic heterocycles. The maximum atomic E-state index is 6.41. The fourth-order valence-electron chi connectivity index (χ4n) is 3.84. The molecule has 0 aromatic carbocycles. The molecule has 1 atom stereocenters. The van der Waals surface area contributed by atoms with Crippen LogP contribution in [0.4, 0.5) is 0 Å². The summed E-state index contributed by atoms with van der Waals surface area (Å²) in [6.45, 7) is 8.97. The Morgan fingerprint density at radius 2 is 1.76 bits per heavy atom. The lowest BCUT2D eigenvalue weighted by atomic mass is 10.0. The van der Waals surface area contributed by atoms with E-state index < -0.39 is 8.07 Å². The minimum absolute atomic E-state index is 0.253. The van der Waals surface area contributed by atoms with Gasteiger partial charge in [0.2, 0.25) is 0 Å². The lowest BCUT2D eigenvalue weighted by molar-refractivity contribution is -0.0335. The molecule has 0 radical (unpaired) electrons. The Balaban J connectivity index is 2.92. The highest BCUT2D eigenvalue weighted by atomic mass is 28.3. The van der Waals surface area contributed by atoms with Crippen LogP contribution in [-0.2, 0) is 4.74 Å². The highest BCUT2D eigenvalue weighted by Crippen LogP contribution is 2.43. The van der Waals surface area contributed by atoms with Gasteiger partial charge in [0.25, 0.3) is 0 Å². The van der Waals surface area contributed by atoms with Crippen molar-refractivity contribution in [3.8, 4) is 0 Å². The Bertz CT molecular complexity index is 202. The van der Waals surface area contributed by atoms with Gasteiger partial charge in [0.05, 0.1) is 13.3 Å². The van der Waals surface area contributed by atoms with Crippen molar-refractivity contribution in [2.45, 2.75) is 76.2 Å². The Kier molecular flexibility index (Phi) is 6.17. The van der Waals surface area contributed by atoms with E-state index in [1.165, 1.54) is 43.8 Å². The summed E-state index contributed by atoms with van der Waals surface area (Å²) in [6, 6.07) is 4.10. The molecule has 1 unspecified atom stereocenters. The monoisotopic (exact) mass is 257 g/mol. The SMILES string of the molecule is CC[Si](CC)(CC)C1(CCCN)CCCCO1. The van der Waals surface area contributed by atoms with Gasteiger partial charge in [0.1, 0.15) is 0 Å². The van der Waals surface area contributed by atoms with E-state index in [9.17, 15) is 0 Å². The van der Waals surface area contributed by atoms with Crippen molar-refractivity contribution >= 4 is 8.07 Å². The topological polar surface area (TPSA) is 35.2 Å². The van der Waals surface area contributed by atoms with Crippen LogP contribution in [0.25, 0.3) is 0 Å². The molecule has 1 aliphatic rings. The summed E-state index contributed by atoms with van der Waals surface area (Å²) in [5.74, 6) is 0. The van der Waals surface area contributed by atoms with E-state index in [0.29, 0.717) is 0 Å². The average molecular weight is 257 g/mol. The second-order valence-corrected chi connectivity index (χ2v) is 11.1. The number of ether oxygens (including phenoxy) is 1. The van der Waals surface area contributed by atoms with Crippen molar-refractivity contribution in [3.05, 3.63) is 0 Å². The van der Waals surface area contributed by atoms with Gasteiger partial charge >= 0.3 is 0 Å². The smallest absolute Gasteiger partial charge is 0.0907 e. The number of nitrogens with two attached hydrogens (primary N) is 1. The van der Waals surface area contributed by atoms with Crippen molar-refractivity contribution in [3.63, 3.8) is 0 Å². The molecule has 102 valence electrons. The molecule has 3 heteroatoms. The van der Waals surface area contributed by atoms with Gasteiger partial charge in [0.15, 0.2) is 0 Å². The zero-order chi connectivity index (χ0) is 12.8. The van der Waals surface area contributed by atoms with Crippen molar-refractivity contribution in [1.29, 1.82) is 0 Å². The van der Waals surface area contributed by atoms with Crippen LogP contribution in [0, 0.1) is 0 Å². The minimum Gasteiger partial charge on any atom is -0.378 e. The third kappa shape index (κ3) is 2.94. The van der Waals surface area contributed by atoms with Gasteiger partial charge in [-0.05, 0) is 38.6 Å². The molecular formula is C14H31NOSi. The van der Waals surface area contributed by atoms with Gasteiger partial charge in [-0.15, -0.1) is 0 Å². The van der Waals surface area contributed by atoms with E-state index in [1.807, 2.05) is 0 Å². The van der Waals surface area contributed by atoms with Crippen LogP contribution in [0.3, 0.4) is 0 Å². The fraction of sp³-hybridized carbons (Fsp3) is 1.00. The van der Waals surface area contributed by atoms with E-state index in [-0.39, 0.29) is 5.22 Å². The predicted octanol–water partition coefficient (Wildman–Crippen LogP) is 3.71. The second kappa shape index (κ2) is 6.91. The first kappa shape index (κ1) is 15.2. The quantitative estimate of drug-likeness (QED) is 0.706. The summed E-state index contributed by atoms with van der Waals surface area (Å²) in [7, 11) is -1.28.